The van der Waals surface area contributed by atoms with Crippen molar-refractivity contribution in [1.82, 2.24) is 0 Å². The van der Waals surface area contributed by atoms with Crippen LogP contribution in [-0.2, 0) is 14.4 Å². The maximum absolute atomic E-state index is 10.3. The molecule has 0 aliphatic rings. The minimum Gasteiger partial charge on any atom is -0.481 e. The fraction of sp³-hybridized carbons (Fsp3) is 0.750. The Hall–Kier alpha value is -1.71. The fourth-order valence-corrected chi connectivity index (χ4v) is 1.29. The van der Waals surface area contributed by atoms with Gasteiger partial charge in [0.05, 0.1) is 12.8 Å². The van der Waals surface area contributed by atoms with Crippen LogP contribution in [0.3, 0.4) is 0 Å². The lowest BCUT2D eigenvalue weighted by atomic mass is 9.96. The summed E-state index contributed by atoms with van der Waals surface area (Å²) in [6.07, 6.45) is 0.289. The standard InChI is InChI=1S/C6H8O7.C6H14O2/c7-3(8)1-6(13,5(11)12)2-4(9)10;1-2-3-4-5-6(7)8/h13H,1-2H2,(H,7,8)(H,9,10)(H,11,12);6-8H,2-5H2,1H3. The van der Waals surface area contributed by atoms with E-state index in [4.69, 9.17) is 30.6 Å². The first-order valence-corrected chi connectivity index (χ1v) is 6.30. The number of aliphatic hydroxyl groups excluding tert-OH is 1. The Kier molecular flexibility index (Phi) is 11.3. The van der Waals surface area contributed by atoms with Gasteiger partial charge in [-0.05, 0) is 12.8 Å². The smallest absolute Gasteiger partial charge is 0.336 e. The van der Waals surface area contributed by atoms with Crippen LogP contribution >= 0.6 is 0 Å². The highest BCUT2D eigenvalue weighted by atomic mass is 16.5. The van der Waals surface area contributed by atoms with Crippen molar-refractivity contribution < 1.29 is 45.0 Å². The number of carboxylic acids is 3. The van der Waals surface area contributed by atoms with Crippen LogP contribution in [-0.4, -0.2) is 60.4 Å². The van der Waals surface area contributed by atoms with E-state index in [-0.39, 0.29) is 0 Å². The first kappa shape index (κ1) is 21.6. The van der Waals surface area contributed by atoms with Gasteiger partial charge in [0.25, 0.3) is 0 Å². The number of unbranched alkanes of at least 4 members (excludes halogenated alkanes) is 2. The van der Waals surface area contributed by atoms with Crippen LogP contribution in [0.25, 0.3) is 0 Å². The lowest BCUT2D eigenvalue weighted by molar-refractivity contribution is -0.170. The second kappa shape index (κ2) is 11.0. The quantitative estimate of drug-likeness (QED) is 0.245. The summed E-state index contributed by atoms with van der Waals surface area (Å²) in [4.78, 5) is 30.5. The summed E-state index contributed by atoms with van der Waals surface area (Å²) in [7, 11) is 0. The molecule has 21 heavy (non-hydrogen) atoms. The second-order valence-corrected chi connectivity index (χ2v) is 4.45. The monoisotopic (exact) mass is 310 g/mol. The molecular weight excluding hydrogens is 288 g/mol. The number of carbonyl (C=O) groups is 3. The molecule has 0 aromatic carbocycles. The van der Waals surface area contributed by atoms with Gasteiger partial charge in [-0.2, -0.15) is 0 Å². The van der Waals surface area contributed by atoms with Crippen molar-refractivity contribution in [2.45, 2.75) is 57.3 Å². The molecule has 0 radical (unpaired) electrons. The molecule has 0 spiro atoms. The average Bonchev–Trinajstić information content (AvgIpc) is 2.27. The Morgan fingerprint density at radius 1 is 0.952 bits per heavy atom. The highest BCUT2D eigenvalue weighted by molar-refractivity contribution is 5.88. The normalized spacial score (nSPS) is 10.7. The van der Waals surface area contributed by atoms with Crippen LogP contribution in [0.1, 0.15) is 45.4 Å². The number of aliphatic hydroxyl groups is 3. The number of hydrogen-bond acceptors (Lipinski definition) is 6. The van der Waals surface area contributed by atoms with Crippen molar-refractivity contribution in [2.75, 3.05) is 0 Å². The lowest BCUT2D eigenvalue weighted by Crippen LogP contribution is -2.42. The molecule has 0 fully saturated rings. The number of aliphatic carboxylic acids is 3. The van der Waals surface area contributed by atoms with Gasteiger partial charge in [-0.15, -0.1) is 0 Å². The summed E-state index contributed by atoms with van der Waals surface area (Å²) < 4.78 is 0. The highest BCUT2D eigenvalue weighted by Gasteiger charge is 2.40. The van der Waals surface area contributed by atoms with Gasteiger partial charge < -0.3 is 30.6 Å². The van der Waals surface area contributed by atoms with Crippen LogP contribution in [0.2, 0.25) is 0 Å². The first-order valence-electron chi connectivity index (χ1n) is 6.30. The molecule has 0 aliphatic heterocycles. The Labute approximate surface area is 121 Å². The minimum absolute atomic E-state index is 0.522. The molecule has 0 saturated heterocycles. The molecule has 0 heterocycles. The minimum atomic E-state index is -2.74. The largest absolute Gasteiger partial charge is 0.481 e. The van der Waals surface area contributed by atoms with E-state index in [0.29, 0.717) is 6.42 Å². The van der Waals surface area contributed by atoms with E-state index in [1.165, 1.54) is 0 Å². The van der Waals surface area contributed by atoms with Crippen LogP contribution in [0.5, 0.6) is 0 Å². The molecule has 0 aliphatic carbocycles. The topological polar surface area (TPSA) is 173 Å². The van der Waals surface area contributed by atoms with Crippen molar-refractivity contribution in [3.63, 3.8) is 0 Å². The summed E-state index contributed by atoms with van der Waals surface area (Å²) in [5, 5.41) is 50.5. The van der Waals surface area contributed by atoms with Gasteiger partial charge in [0, 0.05) is 0 Å². The van der Waals surface area contributed by atoms with Crippen LogP contribution in [0, 0.1) is 0 Å². The third kappa shape index (κ3) is 13.0. The summed E-state index contributed by atoms with van der Waals surface area (Å²) in [5.74, 6) is -5.02. The van der Waals surface area contributed by atoms with E-state index in [1.54, 1.807) is 0 Å². The van der Waals surface area contributed by atoms with E-state index in [0.717, 1.165) is 19.3 Å². The van der Waals surface area contributed by atoms with Gasteiger partial charge >= 0.3 is 17.9 Å². The number of rotatable bonds is 9. The van der Waals surface area contributed by atoms with Gasteiger partial charge in [0.2, 0.25) is 0 Å². The predicted molar refractivity (Wildman–Crippen MR) is 69.5 cm³/mol. The Morgan fingerprint density at radius 3 is 1.62 bits per heavy atom. The molecule has 9 nitrogen and oxygen atoms in total. The first-order chi connectivity index (χ1) is 9.55. The molecule has 9 heteroatoms. The van der Waals surface area contributed by atoms with Crippen LogP contribution in [0.15, 0.2) is 0 Å². The molecule has 0 bridgehead atoms. The molecule has 6 N–H and O–H groups in total. The van der Waals surface area contributed by atoms with E-state index in [2.05, 4.69) is 6.92 Å². The third-order valence-electron chi connectivity index (χ3n) is 2.35. The molecular formula is C12H22O9. The van der Waals surface area contributed by atoms with Crippen molar-refractivity contribution >= 4 is 17.9 Å². The van der Waals surface area contributed by atoms with Crippen molar-refractivity contribution in [2.24, 2.45) is 0 Å². The third-order valence-corrected chi connectivity index (χ3v) is 2.35. The van der Waals surface area contributed by atoms with Crippen molar-refractivity contribution in [1.29, 1.82) is 0 Å². The maximum Gasteiger partial charge on any atom is 0.336 e. The zero-order valence-electron chi connectivity index (χ0n) is 11.7. The molecule has 0 aromatic heterocycles. The summed E-state index contributed by atoms with van der Waals surface area (Å²) in [6.45, 7) is 2.09. The molecule has 0 amide bonds. The molecule has 0 rings (SSSR count). The van der Waals surface area contributed by atoms with Crippen molar-refractivity contribution in [3.05, 3.63) is 0 Å². The number of hydrogen-bond donors (Lipinski definition) is 6. The molecule has 0 unspecified atom stereocenters. The van der Waals surface area contributed by atoms with Gasteiger partial charge in [-0.25, -0.2) is 4.79 Å². The van der Waals surface area contributed by atoms with Crippen LogP contribution < -0.4 is 0 Å². The summed E-state index contributed by atoms with van der Waals surface area (Å²) >= 11 is 0. The summed E-state index contributed by atoms with van der Waals surface area (Å²) in [6, 6.07) is 0. The number of carboxylic acid groups (broad SMARTS) is 3. The molecule has 0 saturated carbocycles. The Bertz CT molecular complexity index is 322. The molecule has 0 aromatic rings. The molecule has 124 valence electrons. The summed E-state index contributed by atoms with van der Waals surface area (Å²) in [5.41, 5.74) is -2.74. The van der Waals surface area contributed by atoms with Crippen LogP contribution in [0.4, 0.5) is 0 Å². The zero-order chi connectivity index (χ0) is 17.1. The Balaban J connectivity index is 0. The second-order valence-electron chi connectivity index (χ2n) is 4.45. The van der Waals surface area contributed by atoms with Gasteiger partial charge in [0.15, 0.2) is 11.9 Å². The Morgan fingerprint density at radius 2 is 1.38 bits per heavy atom. The lowest BCUT2D eigenvalue weighted by Gasteiger charge is -2.18. The van der Waals surface area contributed by atoms with E-state index < -0.39 is 42.6 Å². The van der Waals surface area contributed by atoms with E-state index >= 15 is 0 Å². The zero-order valence-corrected chi connectivity index (χ0v) is 11.7. The molecule has 0 atom stereocenters. The van der Waals surface area contributed by atoms with E-state index in [9.17, 15) is 14.4 Å². The van der Waals surface area contributed by atoms with Gasteiger partial charge in [0.1, 0.15) is 0 Å². The predicted octanol–water partition coefficient (Wildman–Crippen LogP) is -0.371. The highest BCUT2D eigenvalue weighted by Crippen LogP contribution is 2.15. The van der Waals surface area contributed by atoms with Crippen molar-refractivity contribution in [3.8, 4) is 0 Å². The van der Waals surface area contributed by atoms with Gasteiger partial charge in [-0.1, -0.05) is 19.8 Å². The fourth-order valence-electron chi connectivity index (χ4n) is 1.29. The SMILES string of the molecule is CCCCCC(O)O.O=C(O)CC(O)(CC(=O)O)C(=O)O. The van der Waals surface area contributed by atoms with E-state index in [1.807, 2.05) is 0 Å². The average molecular weight is 310 g/mol. The van der Waals surface area contributed by atoms with Gasteiger partial charge in [-0.3, -0.25) is 9.59 Å². The maximum atomic E-state index is 10.3.